The van der Waals surface area contributed by atoms with Crippen LogP contribution in [0.3, 0.4) is 0 Å². The van der Waals surface area contributed by atoms with Crippen LogP contribution in [0.5, 0.6) is 5.75 Å². The molecule has 8 heteroatoms. The van der Waals surface area contributed by atoms with E-state index in [0.29, 0.717) is 26.1 Å². The molecular formula is C25H28N4O4. The summed E-state index contributed by atoms with van der Waals surface area (Å²) in [5, 5.41) is 6.13. The van der Waals surface area contributed by atoms with Crippen molar-refractivity contribution in [2.45, 2.75) is 26.3 Å². The number of nitrogens with zero attached hydrogens (tertiary/aromatic N) is 4. The summed E-state index contributed by atoms with van der Waals surface area (Å²) >= 11 is 0. The largest absolute Gasteiger partial charge is 0.497 e. The highest BCUT2D eigenvalue weighted by Gasteiger charge is 2.37. The van der Waals surface area contributed by atoms with Gasteiger partial charge in [0.1, 0.15) is 12.3 Å². The van der Waals surface area contributed by atoms with Gasteiger partial charge in [-0.25, -0.2) is 5.01 Å². The summed E-state index contributed by atoms with van der Waals surface area (Å²) in [5.41, 5.74) is 3.80. The summed E-state index contributed by atoms with van der Waals surface area (Å²) < 4.78 is 5.24. The molecule has 0 N–H and O–H groups in total. The molecule has 0 spiro atoms. The van der Waals surface area contributed by atoms with Crippen LogP contribution in [0.25, 0.3) is 0 Å². The fourth-order valence-electron chi connectivity index (χ4n) is 4.15. The van der Waals surface area contributed by atoms with Crippen molar-refractivity contribution in [3.05, 3.63) is 65.2 Å². The monoisotopic (exact) mass is 448 g/mol. The summed E-state index contributed by atoms with van der Waals surface area (Å²) in [4.78, 5) is 40.9. The molecule has 2 aliphatic rings. The Kier molecular flexibility index (Phi) is 6.44. The molecule has 2 aromatic carbocycles. The molecule has 0 radical (unpaired) electrons. The molecule has 2 aromatic rings. The fraction of sp³-hybridized carbons (Fsp3) is 0.360. The Morgan fingerprint density at radius 3 is 2.27 bits per heavy atom. The maximum absolute atomic E-state index is 13.3. The minimum atomic E-state index is -0.637. The molecule has 0 bridgehead atoms. The molecule has 2 aliphatic heterocycles. The molecule has 1 fully saturated rings. The lowest BCUT2D eigenvalue weighted by atomic mass is 9.97. The third-order valence-electron chi connectivity index (χ3n) is 6.16. The van der Waals surface area contributed by atoms with Crippen LogP contribution >= 0.6 is 0 Å². The molecule has 172 valence electrons. The van der Waals surface area contributed by atoms with Crippen LogP contribution in [0.15, 0.2) is 53.6 Å². The van der Waals surface area contributed by atoms with E-state index in [9.17, 15) is 14.4 Å². The number of piperazine rings is 1. The van der Waals surface area contributed by atoms with Gasteiger partial charge in [0.2, 0.25) is 0 Å². The number of benzene rings is 2. The van der Waals surface area contributed by atoms with E-state index in [1.54, 1.807) is 7.11 Å². The topological polar surface area (TPSA) is 82.5 Å². The number of ether oxygens (including phenoxy) is 1. The second-order valence-corrected chi connectivity index (χ2v) is 8.26. The number of aryl methyl sites for hydroxylation is 1. The van der Waals surface area contributed by atoms with Crippen LogP contribution in [0.2, 0.25) is 0 Å². The van der Waals surface area contributed by atoms with Crippen molar-refractivity contribution in [1.29, 1.82) is 0 Å². The van der Waals surface area contributed by atoms with Crippen LogP contribution in [0.1, 0.15) is 36.1 Å². The van der Waals surface area contributed by atoms with Gasteiger partial charge in [-0.3, -0.25) is 14.4 Å². The molecule has 0 aromatic heterocycles. The Balaban J connectivity index is 1.58. The third-order valence-corrected chi connectivity index (χ3v) is 6.16. The summed E-state index contributed by atoms with van der Waals surface area (Å²) in [7, 11) is 1.61. The second-order valence-electron chi connectivity index (χ2n) is 8.26. The molecule has 2 heterocycles. The van der Waals surface area contributed by atoms with E-state index >= 15 is 0 Å². The van der Waals surface area contributed by atoms with Gasteiger partial charge < -0.3 is 14.5 Å². The Labute approximate surface area is 193 Å². The number of likely N-dealkylation sites (N-methyl/N-ethyl adjacent to an activating group) is 1. The van der Waals surface area contributed by atoms with Crippen molar-refractivity contribution in [3.63, 3.8) is 0 Å². The molecule has 1 saturated heterocycles. The number of carbonyl (C=O) groups is 3. The minimum absolute atomic E-state index is 0.177. The first-order valence-corrected chi connectivity index (χ1v) is 11.1. The zero-order valence-corrected chi connectivity index (χ0v) is 19.2. The number of methoxy groups -OCH3 is 1. The van der Waals surface area contributed by atoms with Gasteiger partial charge >= 0.3 is 11.8 Å². The SMILES string of the molecule is CCN1CCN(CC(=O)N2N=C(c3ccc(OC)cc3)C[C@@H]2c2ccc(C)cc2)C(=O)C1=O. The molecule has 8 nitrogen and oxygen atoms in total. The highest BCUT2D eigenvalue weighted by Crippen LogP contribution is 2.33. The van der Waals surface area contributed by atoms with E-state index in [0.717, 1.165) is 28.2 Å². The van der Waals surface area contributed by atoms with E-state index in [4.69, 9.17) is 4.74 Å². The van der Waals surface area contributed by atoms with E-state index in [2.05, 4.69) is 5.10 Å². The maximum atomic E-state index is 13.3. The van der Waals surface area contributed by atoms with Gasteiger partial charge in [0.05, 0.1) is 18.9 Å². The molecule has 4 rings (SSSR count). The van der Waals surface area contributed by atoms with Crippen LogP contribution in [0, 0.1) is 6.92 Å². The van der Waals surface area contributed by atoms with Gasteiger partial charge in [0.15, 0.2) is 0 Å². The highest BCUT2D eigenvalue weighted by molar-refractivity contribution is 6.35. The number of hydrazone groups is 1. The lowest BCUT2D eigenvalue weighted by molar-refractivity contribution is -0.157. The maximum Gasteiger partial charge on any atom is 0.312 e. The Bertz CT molecular complexity index is 1080. The van der Waals surface area contributed by atoms with E-state index in [1.807, 2.05) is 62.4 Å². The number of rotatable bonds is 6. The lowest BCUT2D eigenvalue weighted by Crippen LogP contribution is -2.56. The number of hydrogen-bond donors (Lipinski definition) is 0. The first-order chi connectivity index (χ1) is 15.9. The van der Waals surface area contributed by atoms with Gasteiger partial charge in [-0.05, 0) is 49.2 Å². The summed E-state index contributed by atoms with van der Waals surface area (Å²) in [6.07, 6.45) is 0.553. The number of hydrogen-bond acceptors (Lipinski definition) is 5. The van der Waals surface area contributed by atoms with Crippen LogP contribution in [0.4, 0.5) is 0 Å². The minimum Gasteiger partial charge on any atom is -0.497 e. The van der Waals surface area contributed by atoms with E-state index in [-0.39, 0.29) is 18.5 Å². The smallest absolute Gasteiger partial charge is 0.312 e. The average molecular weight is 449 g/mol. The normalized spacial score (nSPS) is 18.6. The fourth-order valence-corrected chi connectivity index (χ4v) is 4.15. The third kappa shape index (κ3) is 4.60. The first kappa shape index (κ1) is 22.5. The average Bonchev–Trinajstić information content (AvgIpc) is 3.28. The standard InChI is InChI=1S/C25H28N4O4/c1-4-27-13-14-28(25(32)24(27)31)16-23(30)29-22(19-7-5-17(2)6-8-19)15-21(26-29)18-9-11-20(33-3)12-10-18/h5-12,22H,4,13-16H2,1-3H3/t22-/m1/s1. The van der Waals surface area contributed by atoms with Crippen molar-refractivity contribution in [2.24, 2.45) is 5.10 Å². The summed E-state index contributed by atoms with van der Waals surface area (Å²) in [5.74, 6) is -0.762. The molecular weight excluding hydrogens is 420 g/mol. The van der Waals surface area contributed by atoms with Gasteiger partial charge in [-0.15, -0.1) is 0 Å². The van der Waals surface area contributed by atoms with E-state index in [1.165, 1.54) is 14.8 Å². The Morgan fingerprint density at radius 1 is 1.00 bits per heavy atom. The Morgan fingerprint density at radius 2 is 1.64 bits per heavy atom. The van der Waals surface area contributed by atoms with Gasteiger partial charge in [0.25, 0.3) is 5.91 Å². The Hall–Kier alpha value is -3.68. The number of amides is 3. The van der Waals surface area contributed by atoms with Crippen LogP contribution in [-0.4, -0.2) is 71.5 Å². The van der Waals surface area contributed by atoms with E-state index < -0.39 is 11.8 Å². The zero-order chi connectivity index (χ0) is 23.5. The molecule has 3 amide bonds. The van der Waals surface area contributed by atoms with Crippen LogP contribution < -0.4 is 4.74 Å². The summed E-state index contributed by atoms with van der Waals surface area (Å²) in [6, 6.07) is 15.3. The zero-order valence-electron chi connectivity index (χ0n) is 19.2. The first-order valence-electron chi connectivity index (χ1n) is 11.1. The quantitative estimate of drug-likeness (QED) is 0.636. The van der Waals surface area contributed by atoms with Crippen molar-refractivity contribution in [2.75, 3.05) is 33.3 Å². The molecule has 1 atom stereocenters. The van der Waals surface area contributed by atoms with Crippen molar-refractivity contribution < 1.29 is 19.1 Å². The van der Waals surface area contributed by atoms with Gasteiger partial charge in [-0.2, -0.15) is 5.10 Å². The van der Waals surface area contributed by atoms with Crippen LogP contribution in [-0.2, 0) is 14.4 Å². The lowest BCUT2D eigenvalue weighted by Gasteiger charge is -2.33. The number of carbonyl (C=O) groups excluding carboxylic acids is 3. The van der Waals surface area contributed by atoms with Gasteiger partial charge in [-0.1, -0.05) is 29.8 Å². The van der Waals surface area contributed by atoms with Crippen molar-refractivity contribution in [1.82, 2.24) is 14.8 Å². The van der Waals surface area contributed by atoms with Gasteiger partial charge in [0, 0.05) is 26.1 Å². The molecule has 33 heavy (non-hydrogen) atoms. The van der Waals surface area contributed by atoms with Crippen molar-refractivity contribution >= 4 is 23.4 Å². The molecule has 0 aliphatic carbocycles. The predicted octanol–water partition coefficient (Wildman–Crippen LogP) is 2.37. The second kappa shape index (κ2) is 9.44. The van der Waals surface area contributed by atoms with Crippen molar-refractivity contribution in [3.8, 4) is 5.75 Å². The highest BCUT2D eigenvalue weighted by atomic mass is 16.5. The molecule has 0 unspecified atom stereocenters. The predicted molar refractivity (Wildman–Crippen MR) is 124 cm³/mol. The summed E-state index contributed by atoms with van der Waals surface area (Å²) in [6.45, 7) is 4.91. The molecule has 0 saturated carbocycles.